The van der Waals surface area contributed by atoms with Gasteiger partial charge < -0.3 is 0 Å². The van der Waals surface area contributed by atoms with Crippen molar-refractivity contribution in [2.75, 3.05) is 0 Å². The van der Waals surface area contributed by atoms with Gasteiger partial charge in [-0.1, -0.05) is 0 Å². The van der Waals surface area contributed by atoms with Crippen molar-refractivity contribution in [3.63, 3.8) is 0 Å². The van der Waals surface area contributed by atoms with Gasteiger partial charge in [0, 0.05) is 27.3 Å². The van der Waals surface area contributed by atoms with Crippen molar-refractivity contribution in [1.29, 1.82) is 0 Å². The van der Waals surface area contributed by atoms with E-state index in [9.17, 15) is 0 Å². The number of hydrogen-bond acceptors (Lipinski definition) is 2. The van der Waals surface area contributed by atoms with Crippen molar-refractivity contribution < 1.29 is 49.8 Å². The van der Waals surface area contributed by atoms with Crippen LogP contribution in [0, 0.1) is 0 Å². The number of rotatable bonds is 0. The summed E-state index contributed by atoms with van der Waals surface area (Å²) in [6.45, 7) is 0. The fourth-order valence-corrected chi connectivity index (χ4v) is 0. The van der Waals surface area contributed by atoms with E-state index in [1.165, 1.54) is 0 Å². The fourth-order valence-electron chi connectivity index (χ4n) is 0. The van der Waals surface area contributed by atoms with E-state index < -0.39 is 14.8 Å². The molecule has 0 fully saturated rings. The van der Waals surface area contributed by atoms with Gasteiger partial charge in [-0.2, -0.15) is 0 Å². The van der Waals surface area contributed by atoms with Crippen LogP contribution < -0.4 is 0 Å². The van der Waals surface area contributed by atoms with Gasteiger partial charge in [-0.15, -0.1) is 0 Å². The summed E-state index contributed by atoms with van der Waals surface area (Å²) in [6, 6.07) is 0. The summed E-state index contributed by atoms with van der Waals surface area (Å²) in [4.78, 5) is 0. The van der Waals surface area contributed by atoms with Gasteiger partial charge in [0.15, 0.2) is 0 Å². The van der Waals surface area contributed by atoms with Crippen molar-refractivity contribution in [3.05, 3.63) is 0 Å². The van der Waals surface area contributed by atoms with E-state index in [4.69, 9.17) is 7.67 Å². The van der Waals surface area contributed by atoms with Crippen molar-refractivity contribution in [2.45, 2.75) is 0 Å². The molecule has 0 bridgehead atoms. The summed E-state index contributed by atoms with van der Waals surface area (Å²) in [5.41, 5.74) is 0. The molecule has 0 spiro atoms. The van der Waals surface area contributed by atoms with Gasteiger partial charge in [0.05, 0.1) is 0 Å². The molecule has 0 saturated carbocycles. The van der Waals surface area contributed by atoms with Crippen LogP contribution in [0.1, 0.15) is 0 Å². The molecule has 2 nitrogen and oxygen atoms in total. The van der Waals surface area contributed by atoms with E-state index >= 15 is 0 Å². The summed E-state index contributed by atoms with van der Waals surface area (Å²) in [7, 11) is 0. The zero-order valence-electron chi connectivity index (χ0n) is 1.90. The summed E-state index contributed by atoms with van der Waals surface area (Å²) < 4.78 is 16.8. The summed E-state index contributed by atoms with van der Waals surface area (Å²) in [5, 5.41) is 0. The van der Waals surface area contributed by atoms with Crippen molar-refractivity contribution in [2.24, 2.45) is 0 Å². The predicted molar refractivity (Wildman–Crippen MR) is 1.37 cm³/mol. The quantitative estimate of drug-likeness (QED) is 0.505. The zero-order chi connectivity index (χ0) is 2.71. The molecule has 21 valence electrons. The summed E-state index contributed by atoms with van der Waals surface area (Å²) in [5.74, 6) is 0. The van der Waals surface area contributed by atoms with E-state index in [-0.39, 0.29) is 27.3 Å². The molecule has 0 rings (SSSR count). The Bertz CT molecular complexity index is 27.0. The molecular weight excluding hydrogens is 199 g/mol. The molecule has 0 aromatic heterocycles. The maximum absolute atomic E-state index is 8.41. The molecule has 0 radical (unpaired) electrons. The van der Waals surface area contributed by atoms with Gasteiger partial charge in [0.1, 0.15) is 0 Å². The van der Waals surface area contributed by atoms with Gasteiger partial charge in [-0.25, -0.2) is 0 Å². The molecule has 0 saturated heterocycles. The third-order valence-electron chi connectivity index (χ3n) is 0. The van der Waals surface area contributed by atoms with Crippen molar-refractivity contribution >= 4 is 0 Å². The van der Waals surface area contributed by atoms with Crippen LogP contribution in [0.4, 0.5) is 0 Å². The van der Waals surface area contributed by atoms with Gasteiger partial charge in [0.25, 0.3) is 0 Å². The Hall–Kier alpha value is 1.04. The number of hydrogen-bond donors (Lipinski definition) is 0. The monoisotopic (exact) mass is 201 g/mol. The first-order valence-corrected chi connectivity index (χ1v) is 1.27. The van der Waals surface area contributed by atoms with Crippen LogP contribution in [0.25, 0.3) is 0 Å². The zero-order valence-corrected chi connectivity index (χ0v) is 7.12. The molecule has 4 heavy (non-hydrogen) atoms. The van der Waals surface area contributed by atoms with Gasteiger partial charge in [-0.05, 0) is 0 Å². The van der Waals surface area contributed by atoms with E-state index in [0.717, 1.165) is 0 Å². The topological polar surface area (TPSA) is 34.1 Å². The van der Waals surface area contributed by atoms with Gasteiger partial charge in [0.2, 0.25) is 0 Å². The van der Waals surface area contributed by atoms with Gasteiger partial charge >= 0.3 is 22.5 Å². The Morgan fingerprint density at radius 3 is 1.25 bits per heavy atom. The van der Waals surface area contributed by atoms with Crippen LogP contribution in [0.5, 0.6) is 0 Å². The molecule has 0 aliphatic carbocycles. The van der Waals surface area contributed by atoms with Crippen LogP contribution in [0.3, 0.4) is 0 Å². The van der Waals surface area contributed by atoms with Crippen LogP contribution >= 0.6 is 0 Å². The van der Waals surface area contributed by atoms with E-state index in [1.54, 1.807) is 0 Å². The van der Waals surface area contributed by atoms with Gasteiger partial charge in [-0.3, -0.25) is 0 Å². The minimum atomic E-state index is -1.44. The first-order valence-electron chi connectivity index (χ1n) is 0.309. The first-order chi connectivity index (χ1) is 1.41. The molecule has 0 heterocycles. The SMILES string of the molecule is [Cd].[O]=[Mn]=[O]. The van der Waals surface area contributed by atoms with E-state index in [1.807, 2.05) is 0 Å². The molecule has 0 N–H and O–H groups in total. The molecule has 0 amide bonds. The van der Waals surface area contributed by atoms with Crippen molar-refractivity contribution in [1.82, 2.24) is 0 Å². The molecule has 4 heteroatoms. The first kappa shape index (κ1) is 8.90. The van der Waals surface area contributed by atoms with E-state index in [0.29, 0.717) is 0 Å². The average Bonchev–Trinajstić information content (AvgIpc) is 0.918. The third kappa shape index (κ3) is 11.7. The minimum absolute atomic E-state index is 0. The molecular formula is CdMnO2. The molecule has 0 aliphatic rings. The van der Waals surface area contributed by atoms with Crippen LogP contribution in [0.15, 0.2) is 0 Å². The van der Waals surface area contributed by atoms with Crippen molar-refractivity contribution in [3.8, 4) is 0 Å². The molecule has 0 aromatic rings. The second kappa shape index (κ2) is 8.97. The standard InChI is InChI=1S/Cd.Mn.2O. The normalized spacial score (nSPS) is 3.00. The van der Waals surface area contributed by atoms with Crippen LogP contribution in [0.2, 0.25) is 0 Å². The Morgan fingerprint density at radius 1 is 1.25 bits per heavy atom. The Balaban J connectivity index is 0. The van der Waals surface area contributed by atoms with E-state index in [2.05, 4.69) is 0 Å². The maximum atomic E-state index is 8.41. The van der Waals surface area contributed by atoms with Crippen LogP contribution in [-0.4, -0.2) is 0 Å². The molecule has 0 atom stereocenters. The summed E-state index contributed by atoms with van der Waals surface area (Å²) >= 11 is -1.44. The Morgan fingerprint density at radius 2 is 1.25 bits per heavy atom. The summed E-state index contributed by atoms with van der Waals surface area (Å²) in [6.07, 6.45) is 0. The molecule has 0 aliphatic heterocycles. The third-order valence-corrected chi connectivity index (χ3v) is 0. The second-order valence-electron chi connectivity index (χ2n) is 0.0630. The molecule has 0 aromatic carbocycles. The fraction of sp³-hybridized carbons (Fsp3) is 0. The molecule has 0 unspecified atom stereocenters. The Labute approximate surface area is 49.7 Å². The van der Waals surface area contributed by atoms with Crippen LogP contribution in [-0.2, 0) is 49.8 Å². The average molecular weight is 199 g/mol. The predicted octanol–water partition coefficient (Wildman–Crippen LogP) is -0.243. The second-order valence-corrected chi connectivity index (χ2v) is 0.260. The Kier molecular flexibility index (Phi) is 20.0.